The number of benzene rings is 1. The molecule has 0 aliphatic heterocycles. The lowest BCUT2D eigenvalue weighted by molar-refractivity contribution is -0.142. The van der Waals surface area contributed by atoms with Crippen LogP contribution in [-0.2, 0) is 35.2 Å². The molecule has 11 nitrogen and oxygen atoms in total. The summed E-state index contributed by atoms with van der Waals surface area (Å²) in [6.45, 7) is 0.540. The molecule has 1 rings (SSSR count). The van der Waals surface area contributed by atoms with E-state index in [1.807, 2.05) is 30.3 Å². The maximum absolute atomic E-state index is 12.2. The van der Waals surface area contributed by atoms with E-state index >= 15 is 0 Å². The van der Waals surface area contributed by atoms with E-state index in [2.05, 4.69) is 16.0 Å². The minimum atomic E-state index is -1.14. The number of aryl methyl sites for hydroxylation is 1. The maximum Gasteiger partial charge on any atom is 0.326 e. The molecule has 0 aromatic heterocycles. The van der Waals surface area contributed by atoms with E-state index < -0.39 is 24.0 Å². The zero-order chi connectivity index (χ0) is 31.7. The fourth-order valence-electron chi connectivity index (χ4n) is 4.61. The highest BCUT2D eigenvalue weighted by atomic mass is 16.4. The molecule has 0 radical (unpaired) electrons. The summed E-state index contributed by atoms with van der Waals surface area (Å²) in [5, 5.41) is 17.4. The molecule has 43 heavy (non-hydrogen) atoms. The van der Waals surface area contributed by atoms with Gasteiger partial charge in [0.15, 0.2) is 0 Å². The summed E-state index contributed by atoms with van der Waals surface area (Å²) in [5.41, 5.74) is 6.19. The third kappa shape index (κ3) is 20.7. The molecule has 0 fully saturated rings. The van der Waals surface area contributed by atoms with Crippen LogP contribution in [0, 0.1) is 0 Å². The summed E-state index contributed by atoms with van der Waals surface area (Å²) < 4.78 is 0. The highest BCUT2D eigenvalue weighted by molar-refractivity contribution is 5.84. The van der Waals surface area contributed by atoms with Gasteiger partial charge in [-0.05, 0) is 44.1 Å². The van der Waals surface area contributed by atoms with E-state index in [4.69, 9.17) is 5.73 Å². The molecule has 0 saturated heterocycles. The number of amides is 4. The van der Waals surface area contributed by atoms with Gasteiger partial charge >= 0.3 is 5.97 Å². The van der Waals surface area contributed by atoms with Gasteiger partial charge in [-0.15, -0.1) is 0 Å². The van der Waals surface area contributed by atoms with Gasteiger partial charge in [0, 0.05) is 32.2 Å². The smallest absolute Gasteiger partial charge is 0.326 e. The maximum atomic E-state index is 12.2. The molecule has 0 aliphatic rings. The van der Waals surface area contributed by atoms with E-state index in [9.17, 15) is 33.9 Å². The van der Waals surface area contributed by atoms with Crippen LogP contribution in [0.25, 0.3) is 0 Å². The Morgan fingerprint density at radius 2 is 1.28 bits per heavy atom. The van der Waals surface area contributed by atoms with Crippen molar-refractivity contribution in [2.75, 3.05) is 6.54 Å². The van der Waals surface area contributed by atoms with Crippen molar-refractivity contribution in [3.63, 3.8) is 0 Å². The fourth-order valence-corrected chi connectivity index (χ4v) is 4.61. The second-order valence-corrected chi connectivity index (χ2v) is 10.9. The van der Waals surface area contributed by atoms with Crippen molar-refractivity contribution in [2.24, 2.45) is 5.73 Å². The topological polar surface area (TPSA) is 185 Å². The number of primary amides is 1. The van der Waals surface area contributed by atoms with E-state index in [-0.39, 0.29) is 49.8 Å². The number of nitrogens with one attached hydrogen (secondary N) is 3. The first-order valence-corrected chi connectivity index (χ1v) is 15.6. The number of hydrogen-bond acceptors (Lipinski definition) is 6. The fraction of sp³-hybridized carbons (Fsp3) is 0.625. The van der Waals surface area contributed by atoms with Crippen LogP contribution in [0.3, 0.4) is 0 Å². The zero-order valence-corrected chi connectivity index (χ0v) is 25.3. The van der Waals surface area contributed by atoms with Crippen LogP contribution in [0.2, 0.25) is 0 Å². The number of rotatable bonds is 26. The zero-order valence-electron chi connectivity index (χ0n) is 25.3. The molecule has 1 aromatic rings. The van der Waals surface area contributed by atoms with Gasteiger partial charge in [-0.1, -0.05) is 75.3 Å². The number of nitrogens with two attached hydrogens (primary N) is 1. The molecule has 0 aliphatic carbocycles. The summed E-state index contributed by atoms with van der Waals surface area (Å²) in [6, 6.07) is 8.03. The minimum absolute atomic E-state index is 0.0376. The number of carboxylic acid groups (broad SMARTS) is 1. The second kappa shape index (κ2) is 23.8. The molecule has 0 saturated carbocycles. The number of hydrogen-bond donors (Lipinski definition) is 5. The molecule has 1 unspecified atom stereocenters. The number of carbonyl (C=O) groups is 6. The molecule has 240 valence electrons. The monoisotopic (exact) mass is 602 g/mol. The van der Waals surface area contributed by atoms with E-state index in [1.165, 1.54) is 0 Å². The first kappa shape index (κ1) is 37.3. The summed E-state index contributed by atoms with van der Waals surface area (Å²) >= 11 is 0. The molecule has 6 N–H and O–H groups in total. The first-order valence-electron chi connectivity index (χ1n) is 15.6. The van der Waals surface area contributed by atoms with Gasteiger partial charge in [0.05, 0.1) is 6.04 Å². The van der Waals surface area contributed by atoms with Gasteiger partial charge in [0.1, 0.15) is 12.3 Å². The van der Waals surface area contributed by atoms with Gasteiger partial charge in [-0.25, -0.2) is 4.79 Å². The standard InChI is InChI=1S/C32H50N4O7/c33-28(38)21-19-26(24-37)35-30(40)17-11-6-4-2-1-3-5-7-12-23-34-29(39)22-20-27(32(42)43)36-31(41)18-13-16-25-14-9-8-10-15-25/h8-10,14-15,24,26-27H,1-7,11-13,16-23H2,(H2,33,38)(H,34,39)(H,35,40)(H,36,41)(H,42,43)/t26-,27?/m0/s1. The largest absolute Gasteiger partial charge is 0.480 e. The molecule has 2 atom stereocenters. The average Bonchev–Trinajstić information content (AvgIpc) is 2.98. The molecular formula is C32H50N4O7. The summed E-state index contributed by atoms with van der Waals surface area (Å²) in [7, 11) is 0. The number of unbranched alkanes of at least 4 members (excludes halogenated alkanes) is 8. The normalized spacial score (nSPS) is 12.1. The predicted molar refractivity (Wildman–Crippen MR) is 164 cm³/mol. The van der Waals surface area contributed by atoms with Crippen molar-refractivity contribution in [3.05, 3.63) is 35.9 Å². The second-order valence-electron chi connectivity index (χ2n) is 10.9. The van der Waals surface area contributed by atoms with Crippen LogP contribution in [0.5, 0.6) is 0 Å². The van der Waals surface area contributed by atoms with Gasteiger partial charge in [0.2, 0.25) is 23.6 Å². The summed E-state index contributed by atoms with van der Waals surface area (Å²) in [6.07, 6.45) is 11.9. The van der Waals surface area contributed by atoms with Crippen LogP contribution in [0.1, 0.15) is 108 Å². The van der Waals surface area contributed by atoms with Crippen molar-refractivity contribution in [1.29, 1.82) is 0 Å². The highest BCUT2D eigenvalue weighted by Crippen LogP contribution is 2.11. The van der Waals surface area contributed by atoms with Crippen molar-refractivity contribution in [3.8, 4) is 0 Å². The Morgan fingerprint density at radius 3 is 1.88 bits per heavy atom. The Hall–Kier alpha value is -3.76. The molecule has 0 heterocycles. The van der Waals surface area contributed by atoms with Gasteiger partial charge < -0.3 is 31.6 Å². The predicted octanol–water partition coefficient (Wildman–Crippen LogP) is 3.33. The Balaban J connectivity index is 2.00. The van der Waals surface area contributed by atoms with Crippen LogP contribution >= 0.6 is 0 Å². The lowest BCUT2D eigenvalue weighted by atomic mass is 10.1. The molecule has 4 amide bonds. The van der Waals surface area contributed by atoms with Crippen LogP contribution < -0.4 is 21.7 Å². The lowest BCUT2D eigenvalue weighted by Gasteiger charge is -2.14. The first-order chi connectivity index (χ1) is 20.7. The molecular weight excluding hydrogens is 552 g/mol. The van der Waals surface area contributed by atoms with Crippen LogP contribution in [-0.4, -0.2) is 59.6 Å². The summed E-state index contributed by atoms with van der Waals surface area (Å²) in [4.78, 5) is 69.5. The van der Waals surface area contributed by atoms with Gasteiger partial charge in [-0.3, -0.25) is 19.2 Å². The number of aliphatic carboxylic acids is 1. The third-order valence-electron chi connectivity index (χ3n) is 7.12. The molecule has 1 aromatic carbocycles. The number of carboxylic acids is 1. The molecule has 0 bridgehead atoms. The Morgan fingerprint density at radius 1 is 0.698 bits per heavy atom. The SMILES string of the molecule is NC(=O)CC[C@@H](C=O)NC(=O)CCCCCCCCCCCNC(=O)CCC(NC(=O)CCCc1ccccc1)C(=O)O. The van der Waals surface area contributed by atoms with E-state index in [0.29, 0.717) is 25.7 Å². The van der Waals surface area contributed by atoms with Crippen molar-refractivity contribution in [2.45, 2.75) is 121 Å². The summed E-state index contributed by atoms with van der Waals surface area (Å²) in [5.74, 6) is -2.37. The molecule has 0 spiro atoms. The third-order valence-corrected chi connectivity index (χ3v) is 7.12. The minimum Gasteiger partial charge on any atom is -0.480 e. The molecule has 11 heteroatoms. The Kier molecular flexibility index (Phi) is 20.6. The number of aldehydes is 1. The lowest BCUT2D eigenvalue weighted by Crippen LogP contribution is -2.41. The number of carbonyl (C=O) groups excluding carboxylic acids is 5. The van der Waals surface area contributed by atoms with E-state index in [0.717, 1.165) is 69.8 Å². The quantitative estimate of drug-likeness (QED) is 0.0795. The van der Waals surface area contributed by atoms with Crippen LogP contribution in [0.15, 0.2) is 30.3 Å². The van der Waals surface area contributed by atoms with Crippen molar-refractivity contribution in [1.82, 2.24) is 16.0 Å². The highest BCUT2D eigenvalue weighted by Gasteiger charge is 2.20. The van der Waals surface area contributed by atoms with Crippen molar-refractivity contribution >= 4 is 35.9 Å². The Bertz CT molecular complexity index is 987. The average molecular weight is 603 g/mol. The van der Waals surface area contributed by atoms with Crippen LogP contribution in [0.4, 0.5) is 0 Å². The van der Waals surface area contributed by atoms with E-state index in [1.54, 1.807) is 0 Å². The van der Waals surface area contributed by atoms with Gasteiger partial charge in [-0.2, -0.15) is 0 Å². The van der Waals surface area contributed by atoms with Crippen molar-refractivity contribution < 1.29 is 33.9 Å². The van der Waals surface area contributed by atoms with Gasteiger partial charge in [0.25, 0.3) is 0 Å². The Labute approximate surface area is 255 Å².